The van der Waals surface area contributed by atoms with E-state index in [2.05, 4.69) is 15.3 Å². The van der Waals surface area contributed by atoms with Gasteiger partial charge in [-0.1, -0.05) is 72.4 Å². The van der Waals surface area contributed by atoms with Crippen LogP contribution in [0.5, 0.6) is 0 Å². The molecule has 1 amide bonds. The van der Waals surface area contributed by atoms with Crippen molar-refractivity contribution >= 4 is 17.7 Å². The van der Waals surface area contributed by atoms with Gasteiger partial charge in [-0.2, -0.15) is 0 Å². The average molecular weight is 379 g/mol. The predicted octanol–water partition coefficient (Wildman–Crippen LogP) is 3.08. The van der Waals surface area contributed by atoms with E-state index < -0.39 is 0 Å². The van der Waals surface area contributed by atoms with E-state index in [1.54, 1.807) is 0 Å². The zero-order valence-corrected chi connectivity index (χ0v) is 15.9. The molecular formula is C21H21N3O2S. The lowest BCUT2D eigenvalue weighted by molar-refractivity contribution is -0.118. The first-order chi connectivity index (χ1) is 13.1. The fraction of sp³-hybridized carbons (Fsp3) is 0.190. The highest BCUT2D eigenvalue weighted by Gasteiger charge is 2.11. The number of nitrogens with zero attached hydrogens (tertiary/aromatic N) is 1. The van der Waals surface area contributed by atoms with Crippen LogP contribution in [-0.2, 0) is 17.8 Å². The third-order valence-corrected chi connectivity index (χ3v) is 4.97. The van der Waals surface area contributed by atoms with Gasteiger partial charge in [-0.25, -0.2) is 4.98 Å². The zero-order valence-electron chi connectivity index (χ0n) is 15.1. The number of nitrogens with one attached hydrogen (secondary N) is 2. The van der Waals surface area contributed by atoms with Crippen molar-refractivity contribution in [2.45, 2.75) is 25.0 Å². The highest BCUT2D eigenvalue weighted by atomic mass is 32.2. The molecule has 0 unspecified atom stereocenters. The quantitative estimate of drug-likeness (QED) is 0.489. The molecule has 3 rings (SSSR count). The monoisotopic (exact) mass is 379 g/mol. The maximum Gasteiger partial charge on any atom is 0.255 e. The van der Waals surface area contributed by atoms with E-state index in [1.807, 2.05) is 67.6 Å². The van der Waals surface area contributed by atoms with Gasteiger partial charge in [-0.15, -0.1) is 0 Å². The van der Waals surface area contributed by atoms with Gasteiger partial charge in [0.25, 0.3) is 5.56 Å². The Bertz CT molecular complexity index is 956. The second kappa shape index (κ2) is 9.19. The average Bonchev–Trinajstić information content (AvgIpc) is 2.69. The third kappa shape index (κ3) is 5.56. The van der Waals surface area contributed by atoms with Crippen LogP contribution in [0.4, 0.5) is 0 Å². The van der Waals surface area contributed by atoms with Gasteiger partial charge < -0.3 is 10.3 Å². The molecule has 27 heavy (non-hydrogen) atoms. The number of hydrogen-bond donors (Lipinski definition) is 2. The summed E-state index contributed by atoms with van der Waals surface area (Å²) in [6.07, 6.45) is 0.539. The summed E-state index contributed by atoms with van der Waals surface area (Å²) in [6.45, 7) is 2.31. The fourth-order valence-corrected chi connectivity index (χ4v) is 3.38. The van der Waals surface area contributed by atoms with Gasteiger partial charge in [0, 0.05) is 24.2 Å². The Morgan fingerprint density at radius 1 is 1.04 bits per heavy atom. The van der Waals surface area contributed by atoms with Crippen LogP contribution in [0.25, 0.3) is 0 Å². The molecule has 0 bridgehead atoms. The van der Waals surface area contributed by atoms with Crippen LogP contribution in [0.15, 0.2) is 70.6 Å². The van der Waals surface area contributed by atoms with Crippen molar-refractivity contribution in [3.05, 3.63) is 93.4 Å². The van der Waals surface area contributed by atoms with Crippen LogP contribution >= 0.6 is 11.8 Å². The van der Waals surface area contributed by atoms with Crippen LogP contribution in [0, 0.1) is 6.92 Å². The third-order valence-electron chi connectivity index (χ3n) is 4.10. The van der Waals surface area contributed by atoms with Crippen LogP contribution in [0.1, 0.15) is 22.4 Å². The van der Waals surface area contributed by atoms with E-state index in [1.165, 1.54) is 11.8 Å². The normalized spacial score (nSPS) is 10.6. The van der Waals surface area contributed by atoms with E-state index in [4.69, 9.17) is 0 Å². The fourth-order valence-electron chi connectivity index (χ4n) is 2.64. The van der Waals surface area contributed by atoms with Gasteiger partial charge in [-0.05, 0) is 18.1 Å². The summed E-state index contributed by atoms with van der Waals surface area (Å²) in [5.41, 5.74) is 3.30. The molecule has 0 saturated carbocycles. The molecule has 0 aliphatic rings. The molecule has 0 spiro atoms. The standard InChI is InChI=1S/C21H21N3O2S/c1-15-18(12-16-8-4-2-5-9-16)20(26)24-21(23-15)27-14-19(25)22-13-17-10-6-3-7-11-17/h2-11H,12-14H2,1H3,(H,22,25)(H,23,24,26). The van der Waals surface area contributed by atoms with Crippen LogP contribution in [-0.4, -0.2) is 21.6 Å². The summed E-state index contributed by atoms with van der Waals surface area (Å²) in [5.74, 6) is 0.102. The minimum atomic E-state index is -0.154. The lowest BCUT2D eigenvalue weighted by Gasteiger charge is -2.08. The molecule has 0 aliphatic heterocycles. The number of H-pyrrole nitrogens is 1. The van der Waals surface area contributed by atoms with Gasteiger partial charge >= 0.3 is 0 Å². The second-order valence-electron chi connectivity index (χ2n) is 6.15. The van der Waals surface area contributed by atoms with Crippen molar-refractivity contribution in [2.24, 2.45) is 0 Å². The number of rotatable bonds is 7. The summed E-state index contributed by atoms with van der Waals surface area (Å²) in [4.78, 5) is 31.7. The van der Waals surface area contributed by atoms with E-state index in [9.17, 15) is 9.59 Å². The summed E-state index contributed by atoms with van der Waals surface area (Å²) in [7, 11) is 0. The first-order valence-electron chi connectivity index (χ1n) is 8.69. The highest BCUT2D eigenvalue weighted by molar-refractivity contribution is 7.99. The largest absolute Gasteiger partial charge is 0.351 e. The zero-order chi connectivity index (χ0) is 19.1. The summed E-state index contributed by atoms with van der Waals surface area (Å²) in [6, 6.07) is 19.5. The molecule has 1 aromatic heterocycles. The molecule has 3 aromatic rings. The number of carbonyl (C=O) groups is 1. The Morgan fingerprint density at radius 3 is 2.30 bits per heavy atom. The van der Waals surface area contributed by atoms with Crippen molar-refractivity contribution in [2.75, 3.05) is 5.75 Å². The summed E-state index contributed by atoms with van der Waals surface area (Å²) < 4.78 is 0. The molecule has 2 N–H and O–H groups in total. The van der Waals surface area contributed by atoms with Gasteiger partial charge in [-0.3, -0.25) is 9.59 Å². The van der Waals surface area contributed by atoms with Crippen LogP contribution in [0.2, 0.25) is 0 Å². The second-order valence-corrected chi connectivity index (χ2v) is 7.11. The Hall–Kier alpha value is -2.86. The molecular weight excluding hydrogens is 358 g/mol. The Kier molecular flexibility index (Phi) is 6.44. The minimum absolute atomic E-state index is 0.0995. The number of carbonyl (C=O) groups excluding carboxylic acids is 1. The molecule has 138 valence electrons. The first kappa shape index (κ1) is 18.9. The maximum absolute atomic E-state index is 12.4. The van der Waals surface area contributed by atoms with E-state index in [-0.39, 0.29) is 17.2 Å². The van der Waals surface area contributed by atoms with Crippen molar-refractivity contribution in [1.29, 1.82) is 0 Å². The number of aromatic nitrogens is 2. The maximum atomic E-state index is 12.4. The summed E-state index contributed by atoms with van der Waals surface area (Å²) >= 11 is 1.23. The lowest BCUT2D eigenvalue weighted by atomic mass is 10.1. The smallest absolute Gasteiger partial charge is 0.255 e. The predicted molar refractivity (Wildman–Crippen MR) is 108 cm³/mol. The van der Waals surface area contributed by atoms with Gasteiger partial charge in [0.15, 0.2) is 5.16 Å². The van der Waals surface area contributed by atoms with Gasteiger partial charge in [0.1, 0.15) is 0 Å². The molecule has 6 heteroatoms. The van der Waals surface area contributed by atoms with E-state index in [0.717, 1.165) is 11.1 Å². The molecule has 5 nitrogen and oxygen atoms in total. The summed E-state index contributed by atoms with van der Waals surface area (Å²) in [5, 5.41) is 3.33. The first-order valence-corrected chi connectivity index (χ1v) is 9.67. The number of benzene rings is 2. The molecule has 0 atom stereocenters. The van der Waals surface area contributed by atoms with Gasteiger partial charge in [0.2, 0.25) is 5.91 Å². The van der Waals surface area contributed by atoms with Crippen LogP contribution in [0.3, 0.4) is 0 Å². The van der Waals surface area contributed by atoms with Crippen molar-refractivity contribution in [3.63, 3.8) is 0 Å². The topological polar surface area (TPSA) is 74.8 Å². The van der Waals surface area contributed by atoms with Gasteiger partial charge in [0.05, 0.1) is 5.75 Å². The molecule has 0 radical (unpaired) electrons. The Labute approximate surface area is 162 Å². The van der Waals surface area contributed by atoms with Crippen LogP contribution < -0.4 is 10.9 Å². The SMILES string of the molecule is Cc1nc(SCC(=O)NCc2ccccc2)[nH]c(=O)c1Cc1ccccc1. The number of hydrogen-bond acceptors (Lipinski definition) is 4. The van der Waals surface area contributed by atoms with E-state index >= 15 is 0 Å². The highest BCUT2D eigenvalue weighted by Crippen LogP contribution is 2.14. The Morgan fingerprint density at radius 2 is 1.67 bits per heavy atom. The molecule has 2 aromatic carbocycles. The number of aryl methyl sites for hydroxylation is 1. The van der Waals surface area contributed by atoms with Crippen molar-refractivity contribution in [3.8, 4) is 0 Å². The Balaban J connectivity index is 1.57. The number of amides is 1. The van der Waals surface area contributed by atoms with Crippen molar-refractivity contribution in [1.82, 2.24) is 15.3 Å². The lowest BCUT2D eigenvalue weighted by Crippen LogP contribution is -2.25. The van der Waals surface area contributed by atoms with Crippen molar-refractivity contribution < 1.29 is 4.79 Å². The minimum Gasteiger partial charge on any atom is -0.351 e. The number of aromatic amines is 1. The molecule has 0 aliphatic carbocycles. The van der Waals surface area contributed by atoms with E-state index in [0.29, 0.717) is 29.4 Å². The number of thioether (sulfide) groups is 1. The molecule has 1 heterocycles. The molecule has 0 fully saturated rings. The molecule has 0 saturated heterocycles.